The van der Waals surface area contributed by atoms with Crippen molar-refractivity contribution in [2.75, 3.05) is 20.1 Å². The molecule has 0 saturated carbocycles. The van der Waals surface area contributed by atoms with E-state index in [0.29, 0.717) is 31.1 Å². The maximum absolute atomic E-state index is 11.7. The Morgan fingerprint density at radius 3 is 2.76 bits per heavy atom. The van der Waals surface area contributed by atoms with E-state index >= 15 is 0 Å². The first-order chi connectivity index (χ1) is 14.0. The summed E-state index contributed by atoms with van der Waals surface area (Å²) < 4.78 is 1.77. The minimum absolute atomic E-state index is 0.0948. The average molecular weight is 406 g/mol. The van der Waals surface area contributed by atoms with Crippen LogP contribution in [0.15, 0.2) is 11.3 Å². The van der Waals surface area contributed by atoms with Crippen LogP contribution in [0.3, 0.4) is 0 Å². The number of rotatable bonds is 13. The Morgan fingerprint density at radius 1 is 1.28 bits per heavy atom. The van der Waals surface area contributed by atoms with Gasteiger partial charge in [-0.25, -0.2) is 4.79 Å². The van der Waals surface area contributed by atoms with Gasteiger partial charge < -0.3 is 9.74 Å². The lowest BCUT2D eigenvalue weighted by Gasteiger charge is -2.13. The fourth-order valence-corrected chi connectivity index (χ4v) is 2.86. The fraction of sp³-hybridized carbons (Fsp3) is 0.706. The summed E-state index contributed by atoms with van der Waals surface area (Å²) in [6.07, 6.45) is 5.23. The molecule has 1 aliphatic heterocycles. The zero-order chi connectivity index (χ0) is 21.1. The molecule has 0 radical (unpaired) electrons. The van der Waals surface area contributed by atoms with Crippen molar-refractivity contribution in [1.82, 2.24) is 25.0 Å². The van der Waals surface area contributed by atoms with Gasteiger partial charge >= 0.3 is 5.97 Å². The lowest BCUT2D eigenvalue weighted by Crippen LogP contribution is -2.31. The van der Waals surface area contributed by atoms with Crippen LogP contribution in [-0.2, 0) is 32.3 Å². The van der Waals surface area contributed by atoms with Crippen LogP contribution in [0.5, 0.6) is 0 Å². The van der Waals surface area contributed by atoms with Crippen molar-refractivity contribution < 1.29 is 19.2 Å². The maximum atomic E-state index is 11.7. The third-order valence-corrected chi connectivity index (χ3v) is 4.35. The first-order valence-electron chi connectivity index (χ1n) is 9.64. The molecular formula is C17H26N8O4. The van der Waals surface area contributed by atoms with Crippen LogP contribution >= 0.6 is 0 Å². The number of hydrogen-bond donors (Lipinski definition) is 0. The highest BCUT2D eigenvalue weighted by molar-refractivity contribution is 6.01. The number of nitrogens with zero attached hydrogens (tertiary/aromatic N) is 8. The van der Waals surface area contributed by atoms with Crippen molar-refractivity contribution in [3.05, 3.63) is 22.3 Å². The number of unbranched alkanes of at least 4 members (excludes halogenated alkanes) is 2. The van der Waals surface area contributed by atoms with Gasteiger partial charge in [0, 0.05) is 50.0 Å². The Kier molecular flexibility index (Phi) is 9.06. The molecule has 29 heavy (non-hydrogen) atoms. The third-order valence-electron chi connectivity index (χ3n) is 4.35. The average Bonchev–Trinajstić information content (AvgIpc) is 3.26. The maximum Gasteiger partial charge on any atom is 0.333 e. The molecule has 1 saturated heterocycles. The topological polar surface area (TPSA) is 146 Å². The summed E-state index contributed by atoms with van der Waals surface area (Å²) in [5, 5.41) is 12.3. The van der Waals surface area contributed by atoms with Crippen LogP contribution in [0, 0.1) is 0 Å². The van der Waals surface area contributed by atoms with E-state index in [9.17, 15) is 14.4 Å². The highest BCUT2D eigenvalue weighted by atomic mass is 16.7. The van der Waals surface area contributed by atoms with E-state index < -0.39 is 17.8 Å². The van der Waals surface area contributed by atoms with Crippen molar-refractivity contribution >= 4 is 17.8 Å². The van der Waals surface area contributed by atoms with Crippen LogP contribution in [-0.4, -0.2) is 62.9 Å². The van der Waals surface area contributed by atoms with Crippen molar-refractivity contribution in [3.63, 3.8) is 0 Å². The predicted octanol–water partition coefficient (Wildman–Crippen LogP) is 1.58. The van der Waals surface area contributed by atoms with Crippen molar-refractivity contribution in [3.8, 4) is 0 Å². The predicted molar refractivity (Wildman–Crippen MR) is 101 cm³/mol. The highest BCUT2D eigenvalue weighted by Crippen LogP contribution is 2.13. The van der Waals surface area contributed by atoms with E-state index in [1.165, 1.54) is 0 Å². The standard InChI is InChI=1S/C17H26N8O4/c1-23(10-5-9-19-21-18)12-14-13-24(22-20-14)11-4-2-3-6-17(28)29-25-15(26)7-8-16(25)27/h13H,2-12H2,1H3. The zero-order valence-electron chi connectivity index (χ0n) is 16.6. The zero-order valence-corrected chi connectivity index (χ0v) is 16.6. The molecule has 0 N–H and O–H groups in total. The Morgan fingerprint density at radius 2 is 2.03 bits per heavy atom. The summed E-state index contributed by atoms with van der Waals surface area (Å²) in [5.41, 5.74) is 9.11. The molecule has 1 aromatic rings. The van der Waals surface area contributed by atoms with Crippen LogP contribution in [0.4, 0.5) is 0 Å². The number of carbonyl (C=O) groups is 3. The molecule has 0 aliphatic carbocycles. The van der Waals surface area contributed by atoms with Gasteiger partial charge in [0.1, 0.15) is 0 Å². The van der Waals surface area contributed by atoms with E-state index in [2.05, 4.69) is 25.2 Å². The highest BCUT2D eigenvalue weighted by Gasteiger charge is 2.32. The van der Waals surface area contributed by atoms with Crippen molar-refractivity contribution in [2.24, 2.45) is 5.11 Å². The Labute approximate surface area is 168 Å². The van der Waals surface area contributed by atoms with Crippen LogP contribution in [0.1, 0.15) is 50.6 Å². The number of amides is 2. The molecule has 1 fully saturated rings. The second-order valence-electron chi connectivity index (χ2n) is 6.87. The largest absolute Gasteiger partial charge is 0.333 e. The molecule has 1 aromatic heterocycles. The first-order valence-corrected chi connectivity index (χ1v) is 9.64. The molecule has 1 aliphatic rings. The molecule has 0 spiro atoms. The van der Waals surface area contributed by atoms with Gasteiger partial charge in [-0.1, -0.05) is 16.7 Å². The van der Waals surface area contributed by atoms with E-state index in [1.54, 1.807) is 4.68 Å². The summed E-state index contributed by atoms with van der Waals surface area (Å²) in [5.74, 6) is -1.50. The van der Waals surface area contributed by atoms with Gasteiger partial charge in [-0.2, -0.15) is 0 Å². The quantitative estimate of drug-likeness (QED) is 0.159. The summed E-state index contributed by atoms with van der Waals surface area (Å²) in [4.78, 5) is 44.1. The molecule has 0 bridgehead atoms. The van der Waals surface area contributed by atoms with Crippen LogP contribution < -0.4 is 0 Å². The summed E-state index contributed by atoms with van der Waals surface area (Å²) in [6, 6.07) is 0. The summed E-state index contributed by atoms with van der Waals surface area (Å²) in [7, 11) is 1.97. The van der Waals surface area contributed by atoms with Crippen molar-refractivity contribution in [1.29, 1.82) is 0 Å². The van der Waals surface area contributed by atoms with E-state index in [4.69, 9.17) is 10.4 Å². The second kappa shape index (κ2) is 11.8. The molecule has 2 rings (SSSR count). The number of azide groups is 1. The lowest BCUT2D eigenvalue weighted by atomic mass is 10.2. The third kappa shape index (κ3) is 7.88. The Balaban J connectivity index is 1.57. The Hall–Kier alpha value is -2.98. The summed E-state index contributed by atoms with van der Waals surface area (Å²) in [6.45, 7) is 2.63. The number of aryl methyl sites for hydroxylation is 1. The van der Waals surface area contributed by atoms with Crippen molar-refractivity contribution in [2.45, 2.75) is 58.0 Å². The molecule has 12 nitrogen and oxygen atoms in total. The molecule has 12 heteroatoms. The first kappa shape index (κ1) is 22.3. The second-order valence-corrected chi connectivity index (χ2v) is 6.87. The minimum atomic E-state index is -0.569. The molecule has 2 amide bonds. The van der Waals surface area contributed by atoms with E-state index in [0.717, 1.165) is 31.5 Å². The lowest BCUT2D eigenvalue weighted by molar-refractivity contribution is -0.197. The molecule has 158 valence electrons. The number of hydrogen-bond acceptors (Lipinski definition) is 8. The Bertz CT molecular complexity index is 742. The number of aromatic nitrogens is 3. The van der Waals surface area contributed by atoms with Gasteiger partial charge in [0.15, 0.2) is 0 Å². The van der Waals surface area contributed by atoms with Gasteiger partial charge in [-0.05, 0) is 38.4 Å². The number of hydroxylamine groups is 2. The van der Waals surface area contributed by atoms with E-state index in [1.807, 2.05) is 13.2 Å². The number of carbonyl (C=O) groups excluding carboxylic acids is 3. The SMILES string of the molecule is CN(CCCN=[N+]=[N-])Cc1cn(CCCCCC(=O)ON2C(=O)CCC2=O)nn1. The van der Waals surface area contributed by atoms with Gasteiger partial charge in [0.05, 0.1) is 5.69 Å². The van der Waals surface area contributed by atoms with Gasteiger partial charge in [0.25, 0.3) is 11.8 Å². The normalized spacial score (nSPS) is 13.8. The van der Waals surface area contributed by atoms with E-state index in [-0.39, 0.29) is 19.3 Å². The molecular weight excluding hydrogens is 380 g/mol. The summed E-state index contributed by atoms with van der Waals surface area (Å²) >= 11 is 0. The molecule has 0 aromatic carbocycles. The number of imide groups is 1. The monoisotopic (exact) mass is 406 g/mol. The smallest absolute Gasteiger partial charge is 0.330 e. The molecule has 2 heterocycles. The van der Waals surface area contributed by atoms with Crippen LogP contribution in [0.25, 0.3) is 10.4 Å². The molecule has 0 atom stereocenters. The van der Waals surface area contributed by atoms with Crippen LogP contribution in [0.2, 0.25) is 0 Å². The molecule has 0 unspecified atom stereocenters. The minimum Gasteiger partial charge on any atom is -0.330 e. The van der Waals surface area contributed by atoms with Gasteiger partial charge in [-0.3, -0.25) is 14.3 Å². The van der Waals surface area contributed by atoms with Gasteiger partial charge in [-0.15, -0.1) is 10.2 Å². The fourth-order valence-electron chi connectivity index (χ4n) is 2.86. The van der Waals surface area contributed by atoms with Gasteiger partial charge in [0.2, 0.25) is 0 Å².